The summed E-state index contributed by atoms with van der Waals surface area (Å²) >= 11 is 0. The molecular weight excluding hydrogens is 340 g/mol. The van der Waals surface area contributed by atoms with Crippen LogP contribution in [0.2, 0.25) is 0 Å². The number of likely N-dealkylation sites (tertiary alicyclic amines) is 1. The van der Waals surface area contributed by atoms with Gasteiger partial charge in [-0.2, -0.15) is 0 Å². The summed E-state index contributed by atoms with van der Waals surface area (Å²) in [5.74, 6) is -1.09. The quantitative estimate of drug-likeness (QED) is 0.852. The van der Waals surface area contributed by atoms with Crippen LogP contribution in [-0.4, -0.2) is 46.9 Å². The lowest BCUT2D eigenvalue weighted by atomic mass is 9.96. The van der Waals surface area contributed by atoms with E-state index in [0.29, 0.717) is 31.5 Å². The van der Waals surface area contributed by atoms with Crippen molar-refractivity contribution in [2.75, 3.05) is 20.1 Å². The minimum atomic E-state index is -0.759. The molecule has 0 radical (unpaired) electrons. The van der Waals surface area contributed by atoms with Crippen LogP contribution in [0.1, 0.15) is 34.3 Å². The van der Waals surface area contributed by atoms with E-state index in [2.05, 4.69) is 24.1 Å². The van der Waals surface area contributed by atoms with Crippen molar-refractivity contribution < 1.29 is 14.7 Å². The third kappa shape index (κ3) is 5.17. The van der Waals surface area contributed by atoms with E-state index >= 15 is 0 Å². The number of piperidine rings is 1. The second-order valence-corrected chi connectivity index (χ2v) is 7.26. The van der Waals surface area contributed by atoms with E-state index in [9.17, 15) is 9.59 Å². The minimum absolute atomic E-state index is 0.00796. The average Bonchev–Trinajstić information content (AvgIpc) is 2.68. The second-order valence-electron chi connectivity index (χ2n) is 7.26. The number of hydrogen-bond donors (Lipinski definition) is 1. The molecule has 1 fully saturated rings. The molecule has 0 spiro atoms. The van der Waals surface area contributed by atoms with Gasteiger partial charge in [0.25, 0.3) is 5.91 Å². The van der Waals surface area contributed by atoms with Gasteiger partial charge in [-0.3, -0.25) is 14.5 Å². The van der Waals surface area contributed by atoms with Gasteiger partial charge in [0.05, 0.1) is 5.92 Å². The summed E-state index contributed by atoms with van der Waals surface area (Å²) in [4.78, 5) is 27.8. The van der Waals surface area contributed by atoms with Gasteiger partial charge in [0, 0.05) is 31.7 Å². The Morgan fingerprint density at radius 3 is 2.30 bits per heavy atom. The number of rotatable bonds is 6. The summed E-state index contributed by atoms with van der Waals surface area (Å²) in [5.41, 5.74) is 3.03. The van der Waals surface area contributed by atoms with Gasteiger partial charge in [-0.15, -0.1) is 0 Å². The Morgan fingerprint density at radius 1 is 1.00 bits per heavy atom. The fourth-order valence-corrected chi connectivity index (χ4v) is 3.58. The number of carbonyl (C=O) groups excluding carboxylic acids is 1. The van der Waals surface area contributed by atoms with Crippen molar-refractivity contribution in [3.63, 3.8) is 0 Å². The van der Waals surface area contributed by atoms with Crippen molar-refractivity contribution in [1.82, 2.24) is 9.80 Å². The van der Waals surface area contributed by atoms with Gasteiger partial charge in [-0.1, -0.05) is 42.5 Å². The number of amides is 1. The van der Waals surface area contributed by atoms with Gasteiger partial charge < -0.3 is 10.0 Å². The van der Waals surface area contributed by atoms with Crippen molar-refractivity contribution in [3.8, 4) is 0 Å². The molecule has 0 saturated carbocycles. The number of hydrogen-bond acceptors (Lipinski definition) is 3. The third-order valence-corrected chi connectivity index (χ3v) is 5.05. The first-order chi connectivity index (χ1) is 13.0. The normalized spacial score (nSPS) is 15.1. The summed E-state index contributed by atoms with van der Waals surface area (Å²) < 4.78 is 0. The van der Waals surface area contributed by atoms with Crippen molar-refractivity contribution in [1.29, 1.82) is 0 Å². The third-order valence-electron chi connectivity index (χ3n) is 5.05. The SMILES string of the molecule is CN(Cc1ccccc1)Cc1cccc(C(=O)N2CCC(C(=O)O)CC2)c1. The zero-order chi connectivity index (χ0) is 19.2. The number of carbonyl (C=O) groups is 2. The molecule has 0 unspecified atom stereocenters. The van der Waals surface area contributed by atoms with Crippen molar-refractivity contribution in [3.05, 3.63) is 71.3 Å². The van der Waals surface area contributed by atoms with Crippen LogP contribution in [0.5, 0.6) is 0 Å². The Kier molecular flexibility index (Phi) is 6.24. The molecule has 0 atom stereocenters. The molecule has 142 valence electrons. The minimum Gasteiger partial charge on any atom is -0.481 e. The predicted octanol–water partition coefficient (Wildman–Crippen LogP) is 3.26. The van der Waals surface area contributed by atoms with Gasteiger partial charge in [0.15, 0.2) is 0 Å². The molecule has 0 aliphatic carbocycles. The van der Waals surface area contributed by atoms with E-state index in [4.69, 9.17) is 5.11 Å². The molecule has 2 aromatic carbocycles. The highest BCUT2D eigenvalue weighted by Gasteiger charge is 2.27. The molecule has 27 heavy (non-hydrogen) atoms. The smallest absolute Gasteiger partial charge is 0.306 e. The number of benzene rings is 2. The first-order valence-corrected chi connectivity index (χ1v) is 9.36. The maximum atomic E-state index is 12.8. The topological polar surface area (TPSA) is 60.9 Å². The van der Waals surface area contributed by atoms with Gasteiger partial charge >= 0.3 is 5.97 Å². The summed E-state index contributed by atoms with van der Waals surface area (Å²) in [6.07, 6.45) is 1.06. The Morgan fingerprint density at radius 2 is 1.63 bits per heavy atom. The second kappa shape index (κ2) is 8.82. The van der Waals surface area contributed by atoms with Crippen LogP contribution in [0.3, 0.4) is 0 Å². The number of nitrogens with zero attached hydrogens (tertiary/aromatic N) is 2. The number of carboxylic acids is 1. The zero-order valence-corrected chi connectivity index (χ0v) is 15.7. The van der Waals surface area contributed by atoms with E-state index in [0.717, 1.165) is 18.7 Å². The monoisotopic (exact) mass is 366 g/mol. The molecule has 2 aromatic rings. The highest BCUT2D eigenvalue weighted by molar-refractivity contribution is 5.94. The van der Waals surface area contributed by atoms with Gasteiger partial charge in [0.1, 0.15) is 0 Å². The molecular formula is C22H26N2O3. The van der Waals surface area contributed by atoms with Gasteiger partial charge in [-0.05, 0) is 43.1 Å². The van der Waals surface area contributed by atoms with Crippen molar-refractivity contribution in [2.24, 2.45) is 5.92 Å². The number of carboxylic acid groups (broad SMARTS) is 1. The molecule has 1 amide bonds. The maximum Gasteiger partial charge on any atom is 0.306 e. The fraction of sp³-hybridized carbons (Fsp3) is 0.364. The lowest BCUT2D eigenvalue weighted by molar-refractivity contribution is -0.143. The van der Waals surface area contributed by atoms with Crippen molar-refractivity contribution in [2.45, 2.75) is 25.9 Å². The van der Waals surface area contributed by atoms with Gasteiger partial charge in [0.2, 0.25) is 0 Å². The first kappa shape index (κ1) is 19.1. The lowest BCUT2D eigenvalue weighted by Crippen LogP contribution is -2.40. The highest BCUT2D eigenvalue weighted by Crippen LogP contribution is 2.20. The maximum absolute atomic E-state index is 12.8. The molecule has 0 bridgehead atoms. The highest BCUT2D eigenvalue weighted by atomic mass is 16.4. The summed E-state index contributed by atoms with van der Waals surface area (Å²) in [5, 5.41) is 9.10. The Balaban J connectivity index is 1.60. The van der Waals surface area contributed by atoms with Crippen LogP contribution >= 0.6 is 0 Å². The molecule has 1 heterocycles. The van der Waals surface area contributed by atoms with Crippen LogP contribution in [0.25, 0.3) is 0 Å². The Bertz CT molecular complexity index is 783. The van der Waals surface area contributed by atoms with E-state index in [1.165, 1.54) is 5.56 Å². The Labute approximate surface area is 160 Å². The zero-order valence-electron chi connectivity index (χ0n) is 15.7. The molecule has 1 N–H and O–H groups in total. The predicted molar refractivity (Wildman–Crippen MR) is 104 cm³/mol. The lowest BCUT2D eigenvalue weighted by Gasteiger charge is -2.30. The van der Waals surface area contributed by atoms with Crippen LogP contribution < -0.4 is 0 Å². The summed E-state index contributed by atoms with van der Waals surface area (Å²) in [6, 6.07) is 18.1. The van der Waals surface area contributed by atoms with Crippen LogP contribution in [0, 0.1) is 5.92 Å². The summed E-state index contributed by atoms with van der Waals surface area (Å²) in [6.45, 7) is 2.63. The van der Waals surface area contributed by atoms with E-state index < -0.39 is 5.97 Å². The van der Waals surface area contributed by atoms with Crippen molar-refractivity contribution >= 4 is 11.9 Å². The summed E-state index contributed by atoms with van der Waals surface area (Å²) in [7, 11) is 2.07. The fourth-order valence-electron chi connectivity index (χ4n) is 3.58. The van der Waals surface area contributed by atoms with Crippen LogP contribution in [-0.2, 0) is 17.9 Å². The van der Waals surface area contributed by atoms with Crippen LogP contribution in [0.4, 0.5) is 0 Å². The molecule has 3 rings (SSSR count). The number of aliphatic carboxylic acids is 1. The molecule has 5 nitrogen and oxygen atoms in total. The van der Waals surface area contributed by atoms with E-state index in [1.54, 1.807) is 4.90 Å². The van der Waals surface area contributed by atoms with E-state index in [-0.39, 0.29) is 11.8 Å². The molecule has 1 aliphatic rings. The molecule has 0 aromatic heterocycles. The molecule has 1 saturated heterocycles. The first-order valence-electron chi connectivity index (χ1n) is 9.36. The molecule has 5 heteroatoms. The molecule has 1 aliphatic heterocycles. The van der Waals surface area contributed by atoms with Gasteiger partial charge in [-0.25, -0.2) is 0 Å². The Hall–Kier alpha value is -2.66. The largest absolute Gasteiger partial charge is 0.481 e. The van der Waals surface area contributed by atoms with E-state index in [1.807, 2.05) is 42.5 Å². The standard InChI is InChI=1S/C22H26N2O3/c1-23(15-17-6-3-2-4-7-17)16-18-8-5-9-20(14-18)21(25)24-12-10-19(11-13-24)22(26)27/h2-9,14,19H,10-13,15-16H2,1H3,(H,26,27). The van der Waals surface area contributed by atoms with Crippen LogP contribution in [0.15, 0.2) is 54.6 Å². The average molecular weight is 366 g/mol.